The van der Waals surface area contributed by atoms with Crippen LogP contribution in [0, 0.1) is 13.8 Å². The maximum absolute atomic E-state index is 12.9. The normalized spacial score (nSPS) is 13.7. The lowest BCUT2D eigenvalue weighted by molar-refractivity contribution is 0.0950. The zero-order chi connectivity index (χ0) is 23.6. The molecule has 0 atom stereocenters. The Morgan fingerprint density at radius 3 is 2.55 bits per heavy atom. The number of carbonyl (C=O) groups excluding carboxylic acids is 1. The standard InChI is InChI=1S/C24H28N4O4S/c1-16-21(17(2)28(26-16)15-18-7-5-4-6-8-18)14-25-24(29)19-9-12-22(32-3)23(13-19)33(30,31)27-20-10-11-20/h4-9,12-13,20,27H,10-11,14-15H2,1-3H3,(H,25,29). The van der Waals surface area contributed by atoms with Gasteiger partial charge < -0.3 is 10.1 Å². The number of ether oxygens (including phenoxy) is 1. The lowest BCUT2D eigenvalue weighted by Crippen LogP contribution is -2.27. The highest BCUT2D eigenvalue weighted by atomic mass is 32.2. The van der Waals surface area contributed by atoms with Gasteiger partial charge in [0.1, 0.15) is 10.6 Å². The third kappa shape index (κ3) is 5.26. The monoisotopic (exact) mass is 468 g/mol. The van der Waals surface area contributed by atoms with E-state index in [-0.39, 0.29) is 28.2 Å². The second-order valence-electron chi connectivity index (χ2n) is 8.24. The second kappa shape index (κ2) is 9.36. The largest absolute Gasteiger partial charge is 0.495 e. The van der Waals surface area contributed by atoms with Crippen LogP contribution in [0.25, 0.3) is 0 Å². The highest BCUT2D eigenvalue weighted by Gasteiger charge is 2.30. The van der Waals surface area contributed by atoms with Gasteiger partial charge in [0.05, 0.1) is 19.3 Å². The Kier molecular flexibility index (Phi) is 6.53. The third-order valence-corrected chi connectivity index (χ3v) is 7.29. The van der Waals surface area contributed by atoms with Gasteiger partial charge in [0.2, 0.25) is 10.0 Å². The van der Waals surface area contributed by atoms with Crippen molar-refractivity contribution < 1.29 is 17.9 Å². The van der Waals surface area contributed by atoms with Crippen molar-refractivity contribution in [1.82, 2.24) is 19.8 Å². The average molecular weight is 469 g/mol. The van der Waals surface area contributed by atoms with Crippen molar-refractivity contribution in [3.63, 3.8) is 0 Å². The molecule has 0 bridgehead atoms. The number of aromatic nitrogens is 2. The number of nitrogens with one attached hydrogen (secondary N) is 2. The third-order valence-electron chi connectivity index (χ3n) is 5.75. The summed E-state index contributed by atoms with van der Waals surface area (Å²) >= 11 is 0. The molecule has 0 spiro atoms. The lowest BCUT2D eigenvalue weighted by Gasteiger charge is -2.12. The smallest absolute Gasteiger partial charge is 0.251 e. The Labute approximate surface area is 194 Å². The van der Waals surface area contributed by atoms with E-state index in [1.165, 1.54) is 19.2 Å². The number of hydrogen-bond donors (Lipinski definition) is 2. The van der Waals surface area contributed by atoms with Gasteiger partial charge in [-0.2, -0.15) is 5.10 Å². The summed E-state index contributed by atoms with van der Waals surface area (Å²) in [6.45, 7) is 4.83. The minimum atomic E-state index is -3.77. The molecule has 1 aliphatic rings. The van der Waals surface area contributed by atoms with Crippen LogP contribution in [0.15, 0.2) is 53.4 Å². The predicted octanol–water partition coefficient (Wildman–Crippen LogP) is 2.93. The fourth-order valence-electron chi connectivity index (χ4n) is 3.68. The predicted molar refractivity (Wildman–Crippen MR) is 125 cm³/mol. The summed E-state index contributed by atoms with van der Waals surface area (Å²) in [7, 11) is -2.36. The van der Waals surface area contributed by atoms with E-state index in [0.29, 0.717) is 13.1 Å². The number of sulfonamides is 1. The van der Waals surface area contributed by atoms with Crippen molar-refractivity contribution in [2.24, 2.45) is 0 Å². The molecule has 0 saturated heterocycles. The molecule has 1 saturated carbocycles. The number of methoxy groups -OCH3 is 1. The van der Waals surface area contributed by atoms with Gasteiger partial charge in [0, 0.05) is 29.4 Å². The van der Waals surface area contributed by atoms with Crippen LogP contribution in [0.3, 0.4) is 0 Å². The minimum Gasteiger partial charge on any atom is -0.495 e. The van der Waals surface area contributed by atoms with Gasteiger partial charge in [0.25, 0.3) is 5.91 Å². The van der Waals surface area contributed by atoms with Crippen LogP contribution in [0.2, 0.25) is 0 Å². The van der Waals surface area contributed by atoms with Crippen molar-refractivity contribution in [2.75, 3.05) is 7.11 Å². The first-order valence-electron chi connectivity index (χ1n) is 10.8. The van der Waals surface area contributed by atoms with Gasteiger partial charge in [-0.25, -0.2) is 13.1 Å². The molecule has 1 amide bonds. The maximum Gasteiger partial charge on any atom is 0.251 e. The Balaban J connectivity index is 1.49. The molecule has 4 rings (SSSR count). The van der Waals surface area contributed by atoms with Crippen LogP contribution < -0.4 is 14.8 Å². The van der Waals surface area contributed by atoms with E-state index in [1.54, 1.807) is 6.07 Å². The van der Waals surface area contributed by atoms with Crippen LogP contribution in [0.1, 0.15) is 45.7 Å². The second-order valence-corrected chi connectivity index (χ2v) is 9.92. The van der Waals surface area contributed by atoms with Gasteiger partial charge in [-0.3, -0.25) is 9.48 Å². The Morgan fingerprint density at radius 2 is 1.88 bits per heavy atom. The molecule has 0 radical (unpaired) electrons. The molecule has 1 heterocycles. The summed E-state index contributed by atoms with van der Waals surface area (Å²) in [5.74, 6) is -0.163. The van der Waals surface area contributed by atoms with E-state index in [0.717, 1.165) is 35.4 Å². The number of benzene rings is 2. The molecule has 8 nitrogen and oxygen atoms in total. The Hall–Kier alpha value is -3.17. The molecule has 0 aliphatic heterocycles. The topological polar surface area (TPSA) is 102 Å². The zero-order valence-electron chi connectivity index (χ0n) is 19.0. The van der Waals surface area contributed by atoms with Gasteiger partial charge in [0.15, 0.2) is 0 Å². The molecule has 0 unspecified atom stereocenters. The number of amides is 1. The number of aryl methyl sites for hydroxylation is 1. The molecule has 1 aromatic heterocycles. The van der Waals surface area contributed by atoms with Gasteiger partial charge >= 0.3 is 0 Å². The maximum atomic E-state index is 12.9. The number of hydrogen-bond acceptors (Lipinski definition) is 5. The molecule has 33 heavy (non-hydrogen) atoms. The number of nitrogens with zero attached hydrogens (tertiary/aromatic N) is 2. The fourth-order valence-corrected chi connectivity index (χ4v) is 5.18. The minimum absolute atomic E-state index is 0.0346. The summed E-state index contributed by atoms with van der Waals surface area (Å²) in [6, 6.07) is 14.4. The van der Waals surface area contributed by atoms with Gasteiger partial charge in [-0.05, 0) is 50.5 Å². The van der Waals surface area contributed by atoms with E-state index in [2.05, 4.69) is 15.1 Å². The molecule has 2 aromatic carbocycles. The molecular formula is C24H28N4O4S. The first-order chi connectivity index (χ1) is 15.8. The van der Waals surface area contributed by atoms with Crippen LogP contribution in [0.5, 0.6) is 5.75 Å². The lowest BCUT2D eigenvalue weighted by atomic mass is 10.1. The van der Waals surface area contributed by atoms with Crippen LogP contribution in [-0.4, -0.2) is 37.3 Å². The number of carbonyl (C=O) groups is 1. The van der Waals surface area contributed by atoms with E-state index >= 15 is 0 Å². The van der Waals surface area contributed by atoms with Gasteiger partial charge in [-0.15, -0.1) is 0 Å². The van der Waals surface area contributed by atoms with Crippen molar-refractivity contribution in [2.45, 2.75) is 50.7 Å². The van der Waals surface area contributed by atoms with Crippen LogP contribution >= 0.6 is 0 Å². The van der Waals surface area contributed by atoms with E-state index in [1.807, 2.05) is 48.9 Å². The Bertz CT molecular complexity index is 1270. The summed E-state index contributed by atoms with van der Waals surface area (Å²) < 4.78 is 35.2. The van der Waals surface area contributed by atoms with Crippen LogP contribution in [-0.2, 0) is 23.1 Å². The van der Waals surface area contributed by atoms with Crippen molar-refractivity contribution in [3.05, 3.63) is 76.6 Å². The summed E-state index contributed by atoms with van der Waals surface area (Å²) in [6.07, 6.45) is 1.64. The Morgan fingerprint density at radius 1 is 1.15 bits per heavy atom. The molecule has 1 aliphatic carbocycles. The molecule has 3 aromatic rings. The quantitative estimate of drug-likeness (QED) is 0.503. The molecule has 1 fully saturated rings. The van der Waals surface area contributed by atoms with E-state index in [9.17, 15) is 13.2 Å². The first-order valence-corrected chi connectivity index (χ1v) is 12.3. The van der Waals surface area contributed by atoms with E-state index < -0.39 is 10.0 Å². The molecule has 174 valence electrons. The summed E-state index contributed by atoms with van der Waals surface area (Å²) in [5, 5.41) is 7.52. The van der Waals surface area contributed by atoms with Crippen molar-refractivity contribution in [3.8, 4) is 5.75 Å². The van der Waals surface area contributed by atoms with Gasteiger partial charge in [-0.1, -0.05) is 30.3 Å². The molecular weight excluding hydrogens is 440 g/mol. The van der Waals surface area contributed by atoms with E-state index in [4.69, 9.17) is 4.74 Å². The van der Waals surface area contributed by atoms with Crippen LogP contribution in [0.4, 0.5) is 0 Å². The number of rotatable bonds is 9. The highest BCUT2D eigenvalue weighted by molar-refractivity contribution is 7.89. The molecule has 9 heteroatoms. The SMILES string of the molecule is COc1ccc(C(=O)NCc2c(C)nn(Cc3ccccc3)c2C)cc1S(=O)(=O)NC1CC1. The molecule has 2 N–H and O–H groups in total. The van der Waals surface area contributed by atoms with Crippen molar-refractivity contribution in [1.29, 1.82) is 0 Å². The zero-order valence-corrected chi connectivity index (χ0v) is 19.8. The fraction of sp³-hybridized carbons (Fsp3) is 0.333. The highest BCUT2D eigenvalue weighted by Crippen LogP contribution is 2.28. The summed E-state index contributed by atoms with van der Waals surface area (Å²) in [5.41, 5.74) is 4.15. The first kappa shape index (κ1) is 23.0. The average Bonchev–Trinajstić information content (AvgIpc) is 3.57. The summed E-state index contributed by atoms with van der Waals surface area (Å²) in [4.78, 5) is 12.8. The van der Waals surface area contributed by atoms with Crippen molar-refractivity contribution >= 4 is 15.9 Å².